The number of alkyl halides is 1. The van der Waals surface area contributed by atoms with E-state index in [9.17, 15) is 4.79 Å². The molecule has 0 saturated carbocycles. The van der Waals surface area contributed by atoms with Crippen molar-refractivity contribution in [3.8, 4) is 0 Å². The van der Waals surface area contributed by atoms with Gasteiger partial charge in [-0.3, -0.25) is 0 Å². The van der Waals surface area contributed by atoms with Crippen LogP contribution in [0.1, 0.15) is 32.6 Å². The van der Waals surface area contributed by atoms with Crippen molar-refractivity contribution in [2.45, 2.75) is 32.6 Å². The van der Waals surface area contributed by atoms with Gasteiger partial charge in [0.15, 0.2) is 0 Å². The molecule has 0 aromatic rings. The van der Waals surface area contributed by atoms with E-state index in [0.717, 1.165) is 25.3 Å². The zero-order valence-electron chi connectivity index (χ0n) is 20.9. The predicted octanol–water partition coefficient (Wildman–Crippen LogP) is 3.02. The number of carbonyl (C=O) groups is 1. The van der Waals surface area contributed by atoms with E-state index in [1.165, 1.54) is 12.8 Å². The van der Waals surface area contributed by atoms with Crippen molar-refractivity contribution in [1.29, 1.82) is 0 Å². The van der Waals surface area contributed by atoms with Crippen LogP contribution in [-0.4, -0.2) is 111 Å². The van der Waals surface area contributed by atoms with Gasteiger partial charge in [0.05, 0.1) is 85.9 Å². The Morgan fingerprint density at radius 2 is 0.853 bits per heavy atom. The van der Waals surface area contributed by atoms with Gasteiger partial charge in [-0.1, -0.05) is 19.4 Å². The largest absolute Gasteiger partial charge is 0.460 e. The van der Waals surface area contributed by atoms with Crippen molar-refractivity contribution in [3.63, 3.8) is 0 Å². The highest BCUT2D eigenvalue weighted by molar-refractivity contribution is 6.17. The van der Waals surface area contributed by atoms with Gasteiger partial charge in [0.1, 0.15) is 6.61 Å². The SMILES string of the molecule is C=C(C)C(=O)OCCOCCOCCOCCOCCOCCOCCOCCCCCCCl. The molecule has 0 spiro atoms. The lowest BCUT2D eigenvalue weighted by Crippen LogP contribution is -2.15. The fourth-order valence-corrected chi connectivity index (χ4v) is 2.58. The fraction of sp³-hybridized carbons (Fsp3) is 0.875. The predicted molar refractivity (Wildman–Crippen MR) is 131 cm³/mol. The smallest absolute Gasteiger partial charge is 0.333 e. The van der Waals surface area contributed by atoms with Crippen LogP contribution in [0, 0.1) is 0 Å². The molecule has 0 N–H and O–H groups in total. The van der Waals surface area contributed by atoms with Gasteiger partial charge in [-0.15, -0.1) is 11.6 Å². The van der Waals surface area contributed by atoms with E-state index in [2.05, 4.69) is 6.58 Å². The van der Waals surface area contributed by atoms with Crippen molar-refractivity contribution in [2.24, 2.45) is 0 Å². The Morgan fingerprint density at radius 3 is 1.21 bits per heavy atom. The quantitative estimate of drug-likeness (QED) is 0.0678. The second-order valence-electron chi connectivity index (χ2n) is 7.31. The van der Waals surface area contributed by atoms with Crippen LogP contribution in [0.4, 0.5) is 0 Å². The normalized spacial score (nSPS) is 11.1. The van der Waals surface area contributed by atoms with Crippen molar-refractivity contribution in [2.75, 3.05) is 105 Å². The van der Waals surface area contributed by atoms with Gasteiger partial charge in [0.2, 0.25) is 0 Å². The molecule has 0 aliphatic carbocycles. The number of ether oxygens (including phenoxy) is 8. The highest BCUT2D eigenvalue weighted by atomic mass is 35.5. The first-order chi connectivity index (χ1) is 16.7. The maximum Gasteiger partial charge on any atom is 0.333 e. The third-order valence-electron chi connectivity index (χ3n) is 4.21. The topological polar surface area (TPSA) is 90.9 Å². The molecule has 202 valence electrons. The average molecular weight is 513 g/mol. The average Bonchev–Trinajstić information content (AvgIpc) is 2.83. The number of carbonyl (C=O) groups excluding carboxylic acids is 1. The van der Waals surface area contributed by atoms with Crippen LogP contribution in [0.3, 0.4) is 0 Å². The number of rotatable bonds is 28. The molecule has 0 rings (SSSR count). The van der Waals surface area contributed by atoms with Crippen LogP contribution in [0.2, 0.25) is 0 Å². The minimum Gasteiger partial charge on any atom is -0.460 e. The van der Waals surface area contributed by atoms with Gasteiger partial charge in [-0.25, -0.2) is 4.79 Å². The van der Waals surface area contributed by atoms with E-state index < -0.39 is 5.97 Å². The summed E-state index contributed by atoms with van der Waals surface area (Å²) in [6.45, 7) is 12.6. The Hall–Kier alpha value is -0.780. The van der Waals surface area contributed by atoms with Crippen LogP contribution in [-0.2, 0) is 42.7 Å². The molecule has 0 heterocycles. The van der Waals surface area contributed by atoms with Gasteiger partial charge in [-0.2, -0.15) is 0 Å². The number of esters is 1. The van der Waals surface area contributed by atoms with E-state index in [0.29, 0.717) is 91.5 Å². The molecule has 0 radical (unpaired) electrons. The van der Waals surface area contributed by atoms with E-state index in [1.54, 1.807) is 6.92 Å². The van der Waals surface area contributed by atoms with Crippen LogP contribution in [0.15, 0.2) is 12.2 Å². The molecule has 0 aliphatic rings. The molecule has 0 aromatic carbocycles. The second kappa shape index (κ2) is 28.5. The van der Waals surface area contributed by atoms with Gasteiger partial charge < -0.3 is 37.9 Å². The van der Waals surface area contributed by atoms with Crippen molar-refractivity contribution >= 4 is 17.6 Å². The zero-order valence-corrected chi connectivity index (χ0v) is 21.7. The third kappa shape index (κ3) is 27.5. The Balaban J connectivity index is 3.05. The van der Waals surface area contributed by atoms with Crippen LogP contribution in [0.25, 0.3) is 0 Å². The van der Waals surface area contributed by atoms with Crippen molar-refractivity contribution in [1.82, 2.24) is 0 Å². The molecule has 0 atom stereocenters. The van der Waals surface area contributed by atoms with E-state index in [4.69, 9.17) is 49.5 Å². The summed E-state index contributed by atoms with van der Waals surface area (Å²) in [5.41, 5.74) is 0.376. The van der Waals surface area contributed by atoms with E-state index >= 15 is 0 Å². The monoisotopic (exact) mass is 512 g/mol. The Bertz CT molecular complexity index is 452. The number of halogens is 1. The summed E-state index contributed by atoms with van der Waals surface area (Å²) in [4.78, 5) is 11.1. The minimum absolute atomic E-state index is 0.208. The minimum atomic E-state index is -0.406. The first-order valence-electron chi connectivity index (χ1n) is 12.1. The molecule has 0 saturated heterocycles. The summed E-state index contributed by atoms with van der Waals surface area (Å²) in [6.07, 6.45) is 4.49. The van der Waals surface area contributed by atoms with E-state index in [1.807, 2.05) is 0 Å². The molecular weight excluding hydrogens is 468 g/mol. The van der Waals surface area contributed by atoms with Gasteiger partial charge in [-0.05, 0) is 19.8 Å². The molecule has 0 aliphatic heterocycles. The lowest BCUT2D eigenvalue weighted by Gasteiger charge is -2.08. The summed E-state index contributed by atoms with van der Waals surface area (Å²) in [5.74, 6) is 0.336. The van der Waals surface area contributed by atoms with Gasteiger partial charge in [0, 0.05) is 18.1 Å². The first-order valence-corrected chi connectivity index (χ1v) is 12.6. The number of hydrogen-bond donors (Lipinski definition) is 0. The summed E-state index contributed by atoms with van der Waals surface area (Å²) >= 11 is 5.63. The molecule has 0 aromatic heterocycles. The number of unbranched alkanes of at least 4 members (excludes halogenated alkanes) is 3. The molecule has 34 heavy (non-hydrogen) atoms. The first kappa shape index (κ1) is 33.2. The molecule has 9 nitrogen and oxygen atoms in total. The maximum absolute atomic E-state index is 11.1. The standard InChI is InChI=1S/C24H45ClO9/c1-23(2)24(26)34-22-21-33-20-19-32-18-17-31-16-15-30-14-13-29-12-11-28-10-9-27-8-6-4-3-5-7-25/h1,3-22H2,2H3. The van der Waals surface area contributed by atoms with Crippen molar-refractivity contribution in [3.05, 3.63) is 12.2 Å². The van der Waals surface area contributed by atoms with Crippen molar-refractivity contribution < 1.29 is 42.7 Å². The molecule has 10 heteroatoms. The highest BCUT2D eigenvalue weighted by Crippen LogP contribution is 2.01. The molecule has 0 fully saturated rings. The highest BCUT2D eigenvalue weighted by Gasteiger charge is 2.01. The van der Waals surface area contributed by atoms with Crippen LogP contribution < -0.4 is 0 Å². The molecule has 0 bridgehead atoms. The summed E-state index contributed by atoms with van der Waals surface area (Å²) in [6, 6.07) is 0. The third-order valence-corrected chi connectivity index (χ3v) is 4.48. The lowest BCUT2D eigenvalue weighted by atomic mass is 10.2. The number of hydrogen-bond acceptors (Lipinski definition) is 9. The fourth-order valence-electron chi connectivity index (χ4n) is 2.39. The van der Waals surface area contributed by atoms with Gasteiger partial charge in [0.25, 0.3) is 0 Å². The second-order valence-corrected chi connectivity index (χ2v) is 7.68. The zero-order chi connectivity index (χ0) is 25.0. The Kier molecular flexibility index (Phi) is 27.8. The molecule has 0 amide bonds. The van der Waals surface area contributed by atoms with Crippen LogP contribution >= 0.6 is 11.6 Å². The van der Waals surface area contributed by atoms with Crippen LogP contribution in [0.5, 0.6) is 0 Å². The molecular formula is C24H45ClO9. The summed E-state index contributed by atoms with van der Waals surface area (Å²) < 4.78 is 42.8. The van der Waals surface area contributed by atoms with Gasteiger partial charge >= 0.3 is 5.97 Å². The van der Waals surface area contributed by atoms with E-state index in [-0.39, 0.29) is 6.61 Å². The lowest BCUT2D eigenvalue weighted by molar-refractivity contribution is -0.140. The summed E-state index contributed by atoms with van der Waals surface area (Å²) in [5, 5.41) is 0. The molecule has 0 unspecified atom stereocenters. The Morgan fingerprint density at radius 1 is 0.529 bits per heavy atom. The maximum atomic E-state index is 11.1. The summed E-state index contributed by atoms with van der Waals surface area (Å²) in [7, 11) is 0. The Labute approximate surface area is 210 Å².